The molecule has 1 aliphatic heterocycles. The molecule has 3 aliphatic rings. The van der Waals surface area contributed by atoms with Crippen LogP contribution in [0.2, 0.25) is 0 Å². The summed E-state index contributed by atoms with van der Waals surface area (Å²) in [6, 6.07) is 1.99. The highest BCUT2D eigenvalue weighted by molar-refractivity contribution is 5.79. The molecule has 0 unspecified atom stereocenters. The summed E-state index contributed by atoms with van der Waals surface area (Å²) < 4.78 is 0. The second kappa shape index (κ2) is 6.77. The number of hydrogen-bond donors (Lipinski definition) is 1. The first-order valence-corrected chi connectivity index (χ1v) is 9.62. The number of piperidine rings is 1. The molecule has 0 spiro atoms. The minimum Gasteiger partial charge on any atom is -0.356 e. The Morgan fingerprint density at radius 3 is 2.48 bits per heavy atom. The topological polar surface area (TPSA) is 58.1 Å². The lowest BCUT2D eigenvalue weighted by Crippen LogP contribution is -2.42. The fourth-order valence-electron chi connectivity index (χ4n) is 4.70. The van der Waals surface area contributed by atoms with Crippen LogP contribution in [0, 0.1) is 37.5 Å². The van der Waals surface area contributed by atoms with E-state index < -0.39 is 0 Å². The van der Waals surface area contributed by atoms with Gasteiger partial charge in [0.15, 0.2) is 0 Å². The summed E-state index contributed by atoms with van der Waals surface area (Å²) in [5, 5.41) is 3.23. The number of aromatic nitrogens is 2. The van der Waals surface area contributed by atoms with E-state index in [-0.39, 0.29) is 11.8 Å². The number of aryl methyl sites for hydroxylation is 2. The molecule has 5 nitrogen and oxygen atoms in total. The number of hydrogen-bond acceptors (Lipinski definition) is 4. The first-order valence-electron chi connectivity index (χ1n) is 9.62. The van der Waals surface area contributed by atoms with E-state index in [0.29, 0.717) is 11.8 Å². The van der Waals surface area contributed by atoms with Gasteiger partial charge >= 0.3 is 0 Å². The van der Waals surface area contributed by atoms with Gasteiger partial charge in [0.1, 0.15) is 0 Å². The Kier molecular flexibility index (Phi) is 4.48. The van der Waals surface area contributed by atoms with Crippen molar-refractivity contribution in [2.24, 2.45) is 23.7 Å². The molecule has 134 valence electrons. The largest absolute Gasteiger partial charge is 0.356 e. The SMILES string of the molecule is Cc1cc(C)nc(N2CCC(C(=O)NC[C@H]3C[C@@H]4C=C[C@H]3C4)CC2)n1. The van der Waals surface area contributed by atoms with Gasteiger partial charge in [-0.05, 0) is 63.4 Å². The van der Waals surface area contributed by atoms with Crippen molar-refractivity contribution in [3.05, 3.63) is 29.6 Å². The maximum atomic E-state index is 12.5. The van der Waals surface area contributed by atoms with Crippen LogP contribution in [0.3, 0.4) is 0 Å². The van der Waals surface area contributed by atoms with Crippen LogP contribution < -0.4 is 10.2 Å². The van der Waals surface area contributed by atoms with Crippen LogP contribution in [-0.2, 0) is 4.79 Å². The van der Waals surface area contributed by atoms with Crippen LogP contribution in [0.25, 0.3) is 0 Å². The van der Waals surface area contributed by atoms with Crippen molar-refractivity contribution in [3.63, 3.8) is 0 Å². The quantitative estimate of drug-likeness (QED) is 0.856. The summed E-state index contributed by atoms with van der Waals surface area (Å²) in [6.07, 6.45) is 9.04. The highest BCUT2D eigenvalue weighted by atomic mass is 16.1. The molecular weight excluding hydrogens is 312 g/mol. The molecule has 1 saturated heterocycles. The van der Waals surface area contributed by atoms with E-state index in [0.717, 1.165) is 55.7 Å². The molecule has 1 amide bonds. The molecule has 1 saturated carbocycles. The summed E-state index contributed by atoms with van der Waals surface area (Å²) in [4.78, 5) is 23.8. The van der Waals surface area contributed by atoms with Crippen molar-refractivity contribution in [2.45, 2.75) is 39.5 Å². The number of allylic oxidation sites excluding steroid dienone is 2. The zero-order valence-electron chi connectivity index (χ0n) is 15.2. The van der Waals surface area contributed by atoms with Gasteiger partial charge in [-0.3, -0.25) is 4.79 Å². The molecule has 0 aromatic carbocycles. The molecule has 1 aromatic rings. The number of fused-ring (bicyclic) bond motifs is 2. The molecule has 1 aromatic heterocycles. The molecule has 2 fully saturated rings. The lowest BCUT2D eigenvalue weighted by molar-refractivity contribution is -0.125. The van der Waals surface area contributed by atoms with Gasteiger partial charge in [-0.1, -0.05) is 12.2 Å². The predicted molar refractivity (Wildman–Crippen MR) is 98.3 cm³/mol. The molecule has 2 bridgehead atoms. The first-order chi connectivity index (χ1) is 12.1. The third-order valence-corrected chi connectivity index (χ3v) is 6.07. The van der Waals surface area contributed by atoms with Crippen LogP contribution in [0.4, 0.5) is 5.95 Å². The van der Waals surface area contributed by atoms with Gasteiger partial charge in [0.25, 0.3) is 0 Å². The molecule has 25 heavy (non-hydrogen) atoms. The fourth-order valence-corrected chi connectivity index (χ4v) is 4.70. The molecule has 1 N–H and O–H groups in total. The number of nitrogens with one attached hydrogen (secondary N) is 1. The Morgan fingerprint density at radius 2 is 1.88 bits per heavy atom. The highest BCUT2D eigenvalue weighted by Gasteiger charge is 2.36. The number of rotatable bonds is 4. The summed E-state index contributed by atoms with van der Waals surface area (Å²) >= 11 is 0. The van der Waals surface area contributed by atoms with E-state index in [1.165, 1.54) is 12.8 Å². The van der Waals surface area contributed by atoms with Crippen LogP contribution in [-0.4, -0.2) is 35.5 Å². The van der Waals surface area contributed by atoms with Gasteiger partial charge in [0, 0.05) is 36.9 Å². The Hall–Kier alpha value is -1.91. The van der Waals surface area contributed by atoms with Gasteiger partial charge in [0.2, 0.25) is 11.9 Å². The Bertz CT molecular complexity index is 658. The summed E-state index contributed by atoms with van der Waals surface area (Å²) in [5.74, 6) is 3.32. The molecule has 0 radical (unpaired) electrons. The van der Waals surface area contributed by atoms with Crippen molar-refractivity contribution in [3.8, 4) is 0 Å². The third kappa shape index (κ3) is 3.55. The number of carbonyl (C=O) groups excluding carboxylic acids is 1. The average molecular weight is 340 g/mol. The molecule has 3 atom stereocenters. The molecular formula is C20H28N4O. The van der Waals surface area contributed by atoms with E-state index >= 15 is 0 Å². The molecule has 4 rings (SSSR count). The number of anilines is 1. The first kappa shape index (κ1) is 16.6. The van der Waals surface area contributed by atoms with Crippen LogP contribution in [0.1, 0.15) is 37.1 Å². The maximum absolute atomic E-state index is 12.5. The zero-order valence-corrected chi connectivity index (χ0v) is 15.2. The fraction of sp³-hybridized carbons (Fsp3) is 0.650. The van der Waals surface area contributed by atoms with Crippen molar-refractivity contribution in [1.29, 1.82) is 0 Å². The molecule has 2 aliphatic carbocycles. The molecule has 2 heterocycles. The van der Waals surface area contributed by atoms with Crippen LogP contribution in [0.15, 0.2) is 18.2 Å². The van der Waals surface area contributed by atoms with Crippen LogP contribution >= 0.6 is 0 Å². The second-order valence-electron chi connectivity index (χ2n) is 8.00. The second-order valence-corrected chi connectivity index (χ2v) is 8.00. The minimum atomic E-state index is 0.135. The standard InChI is InChI=1S/C20H28N4O/c1-13-9-14(2)23-20(22-13)24-7-5-16(6-8-24)19(25)21-12-18-11-15-3-4-17(18)10-15/h3-4,9,15-18H,5-8,10-12H2,1-2H3,(H,21,25)/t15-,17+,18-/m1/s1. The zero-order chi connectivity index (χ0) is 17.4. The van der Waals surface area contributed by atoms with E-state index in [1.807, 2.05) is 19.9 Å². The van der Waals surface area contributed by atoms with Gasteiger partial charge < -0.3 is 10.2 Å². The van der Waals surface area contributed by atoms with Gasteiger partial charge in [-0.15, -0.1) is 0 Å². The highest BCUT2D eigenvalue weighted by Crippen LogP contribution is 2.43. The van der Waals surface area contributed by atoms with E-state index in [2.05, 4.69) is 32.3 Å². The number of nitrogens with zero attached hydrogens (tertiary/aromatic N) is 3. The lowest BCUT2D eigenvalue weighted by Gasteiger charge is -2.32. The number of carbonyl (C=O) groups is 1. The van der Waals surface area contributed by atoms with Gasteiger partial charge in [-0.25, -0.2) is 9.97 Å². The average Bonchev–Trinajstić information content (AvgIpc) is 3.22. The Morgan fingerprint density at radius 1 is 1.16 bits per heavy atom. The maximum Gasteiger partial charge on any atom is 0.225 e. The normalized spacial score (nSPS) is 28.6. The lowest BCUT2D eigenvalue weighted by atomic mass is 9.92. The van der Waals surface area contributed by atoms with Crippen molar-refractivity contribution in [2.75, 3.05) is 24.5 Å². The summed E-state index contributed by atoms with van der Waals surface area (Å²) in [7, 11) is 0. The minimum absolute atomic E-state index is 0.135. The third-order valence-electron chi connectivity index (χ3n) is 6.07. The van der Waals surface area contributed by atoms with Crippen molar-refractivity contribution >= 4 is 11.9 Å². The van der Waals surface area contributed by atoms with Gasteiger partial charge in [0.05, 0.1) is 0 Å². The van der Waals surface area contributed by atoms with E-state index in [1.54, 1.807) is 0 Å². The monoisotopic (exact) mass is 340 g/mol. The predicted octanol–water partition coefficient (Wildman–Crippen LogP) is 2.64. The Labute approximate surface area is 149 Å². The van der Waals surface area contributed by atoms with Crippen LogP contribution in [0.5, 0.6) is 0 Å². The van der Waals surface area contributed by atoms with E-state index in [4.69, 9.17) is 0 Å². The van der Waals surface area contributed by atoms with Gasteiger partial charge in [-0.2, -0.15) is 0 Å². The Balaban J connectivity index is 1.26. The number of amides is 1. The summed E-state index contributed by atoms with van der Waals surface area (Å²) in [5.41, 5.74) is 2.00. The van der Waals surface area contributed by atoms with Crippen molar-refractivity contribution < 1.29 is 4.79 Å². The van der Waals surface area contributed by atoms with E-state index in [9.17, 15) is 4.79 Å². The molecule has 5 heteroatoms. The summed E-state index contributed by atoms with van der Waals surface area (Å²) in [6.45, 7) is 6.58. The smallest absolute Gasteiger partial charge is 0.225 e. The van der Waals surface area contributed by atoms with Crippen molar-refractivity contribution in [1.82, 2.24) is 15.3 Å².